The molecule has 2 fully saturated rings. The van der Waals surface area contributed by atoms with E-state index in [9.17, 15) is 24.6 Å². The lowest BCUT2D eigenvalue weighted by atomic mass is 9.84. The predicted octanol–water partition coefficient (Wildman–Crippen LogP) is 1.46. The Bertz CT molecular complexity index is 495. The first-order valence-electron chi connectivity index (χ1n) is 8.90. The second kappa shape index (κ2) is 7.96. The lowest BCUT2D eigenvalue weighted by molar-refractivity contribution is -0.151. The van der Waals surface area contributed by atoms with Crippen molar-refractivity contribution in [1.29, 1.82) is 0 Å². The number of carbonyl (C=O) groups excluding carboxylic acids is 1. The van der Waals surface area contributed by atoms with E-state index in [0.717, 1.165) is 25.7 Å². The molecule has 1 aliphatic heterocycles. The van der Waals surface area contributed by atoms with Gasteiger partial charge in [-0.15, -0.1) is 0 Å². The molecule has 0 spiro atoms. The van der Waals surface area contributed by atoms with Gasteiger partial charge in [0.1, 0.15) is 12.1 Å². The van der Waals surface area contributed by atoms with Crippen LogP contribution in [0.1, 0.15) is 58.8 Å². The number of nitrogens with one attached hydrogen (secondary N) is 1. The first-order chi connectivity index (χ1) is 11.4. The maximum Gasteiger partial charge on any atom is 0.326 e. The van der Waals surface area contributed by atoms with Crippen LogP contribution in [0.2, 0.25) is 0 Å². The molecule has 1 saturated carbocycles. The molecule has 0 aromatic rings. The number of rotatable bonds is 7. The fourth-order valence-corrected chi connectivity index (χ4v) is 4.16. The third-order valence-electron chi connectivity index (χ3n) is 5.32. The highest BCUT2D eigenvalue weighted by Gasteiger charge is 2.48. The zero-order valence-corrected chi connectivity index (χ0v) is 14.4. The molecule has 0 radical (unpaired) electrons. The Labute approximate surface area is 142 Å². The third-order valence-corrected chi connectivity index (χ3v) is 5.32. The van der Waals surface area contributed by atoms with Crippen molar-refractivity contribution in [2.75, 3.05) is 0 Å². The first kappa shape index (κ1) is 18.7. The Kier molecular flexibility index (Phi) is 6.21. The normalized spacial score (nSPS) is 28.9. The minimum absolute atomic E-state index is 0.0222. The van der Waals surface area contributed by atoms with Crippen molar-refractivity contribution >= 4 is 17.8 Å². The van der Waals surface area contributed by atoms with Gasteiger partial charge in [0.15, 0.2) is 0 Å². The van der Waals surface area contributed by atoms with Crippen molar-refractivity contribution in [2.24, 2.45) is 5.92 Å². The number of nitrogens with zero attached hydrogens (tertiary/aromatic N) is 1. The van der Waals surface area contributed by atoms with Crippen molar-refractivity contribution in [2.45, 2.75) is 83.0 Å². The zero-order chi connectivity index (χ0) is 17.9. The number of fused-ring (bicyclic) bond motifs is 1. The fourth-order valence-electron chi connectivity index (χ4n) is 4.16. The van der Waals surface area contributed by atoms with Gasteiger partial charge in [0, 0.05) is 6.04 Å². The smallest absolute Gasteiger partial charge is 0.326 e. The standard InChI is InChI=1S/C17H28N2O5/c1-3-6-12(16(21)22)18-10(2)15(20)19-13-8-5-4-7-11(13)9-14(19)17(23)24/h10-14,18H,3-9H2,1-2H3,(H,21,22)(H,23,24)/t10-,11?,12-,13?,14?/m0/s1. The van der Waals surface area contributed by atoms with E-state index in [4.69, 9.17) is 0 Å². The molecule has 3 unspecified atom stereocenters. The van der Waals surface area contributed by atoms with Gasteiger partial charge in [0.2, 0.25) is 5.91 Å². The van der Waals surface area contributed by atoms with Crippen molar-refractivity contribution < 1.29 is 24.6 Å². The van der Waals surface area contributed by atoms with Crippen LogP contribution in [0, 0.1) is 5.92 Å². The maximum atomic E-state index is 12.9. The average molecular weight is 340 g/mol. The van der Waals surface area contributed by atoms with E-state index < -0.39 is 30.1 Å². The SMILES string of the molecule is CCC[C@H](N[C@@H](C)C(=O)N1C(C(=O)O)CC2CCCCC21)C(=O)O. The summed E-state index contributed by atoms with van der Waals surface area (Å²) >= 11 is 0. The van der Waals surface area contributed by atoms with Crippen molar-refractivity contribution in [3.05, 3.63) is 0 Å². The van der Waals surface area contributed by atoms with Crippen LogP contribution in [0.15, 0.2) is 0 Å². The van der Waals surface area contributed by atoms with Gasteiger partial charge in [-0.2, -0.15) is 0 Å². The number of hydrogen-bond acceptors (Lipinski definition) is 4. The summed E-state index contributed by atoms with van der Waals surface area (Å²) in [5.74, 6) is -1.99. The molecular formula is C17H28N2O5. The Morgan fingerprint density at radius 3 is 2.46 bits per heavy atom. The van der Waals surface area contributed by atoms with Crippen molar-refractivity contribution in [3.8, 4) is 0 Å². The number of likely N-dealkylation sites (tertiary alicyclic amines) is 1. The van der Waals surface area contributed by atoms with E-state index in [2.05, 4.69) is 5.32 Å². The molecule has 3 N–H and O–H groups in total. The van der Waals surface area contributed by atoms with Crippen LogP contribution < -0.4 is 5.32 Å². The molecule has 1 heterocycles. The van der Waals surface area contributed by atoms with E-state index >= 15 is 0 Å². The summed E-state index contributed by atoms with van der Waals surface area (Å²) in [5, 5.41) is 21.6. The molecule has 2 aliphatic rings. The summed E-state index contributed by atoms with van der Waals surface area (Å²) in [7, 11) is 0. The average Bonchev–Trinajstić information content (AvgIpc) is 2.93. The van der Waals surface area contributed by atoms with E-state index in [1.54, 1.807) is 6.92 Å². The minimum atomic E-state index is -0.983. The molecule has 0 aromatic carbocycles. The van der Waals surface area contributed by atoms with Gasteiger partial charge in [-0.3, -0.25) is 14.9 Å². The summed E-state index contributed by atoms with van der Waals surface area (Å²) in [6, 6.07) is -2.31. The highest BCUT2D eigenvalue weighted by molar-refractivity contribution is 5.88. The van der Waals surface area contributed by atoms with Crippen molar-refractivity contribution in [1.82, 2.24) is 10.2 Å². The highest BCUT2D eigenvalue weighted by Crippen LogP contribution is 2.40. The Hall–Kier alpha value is -1.63. The number of carboxylic acids is 2. The van der Waals surface area contributed by atoms with Gasteiger partial charge in [0.05, 0.1) is 6.04 Å². The number of hydrogen-bond donors (Lipinski definition) is 3. The summed E-state index contributed by atoms with van der Waals surface area (Å²) in [4.78, 5) is 37.3. The molecule has 0 aromatic heterocycles. The monoisotopic (exact) mass is 340 g/mol. The van der Waals surface area contributed by atoms with Gasteiger partial charge < -0.3 is 15.1 Å². The Morgan fingerprint density at radius 2 is 1.88 bits per heavy atom. The van der Waals surface area contributed by atoms with Crippen LogP contribution in [-0.2, 0) is 14.4 Å². The maximum absolute atomic E-state index is 12.9. The van der Waals surface area contributed by atoms with Crippen LogP contribution in [0.5, 0.6) is 0 Å². The molecule has 1 aliphatic carbocycles. The lowest BCUT2D eigenvalue weighted by Crippen LogP contribution is -2.55. The second-order valence-electron chi connectivity index (χ2n) is 7.01. The molecule has 7 nitrogen and oxygen atoms in total. The number of amides is 1. The van der Waals surface area contributed by atoms with E-state index in [1.165, 1.54) is 4.90 Å². The molecule has 1 saturated heterocycles. The number of carboxylic acid groups (broad SMARTS) is 2. The topological polar surface area (TPSA) is 107 Å². The van der Waals surface area contributed by atoms with E-state index in [1.807, 2.05) is 6.92 Å². The van der Waals surface area contributed by atoms with Gasteiger partial charge >= 0.3 is 11.9 Å². The van der Waals surface area contributed by atoms with Gasteiger partial charge in [-0.25, -0.2) is 4.79 Å². The van der Waals surface area contributed by atoms with Crippen LogP contribution in [0.3, 0.4) is 0 Å². The minimum Gasteiger partial charge on any atom is -0.480 e. The Morgan fingerprint density at radius 1 is 1.21 bits per heavy atom. The molecule has 7 heteroatoms. The number of carbonyl (C=O) groups is 3. The summed E-state index contributed by atoms with van der Waals surface area (Å²) < 4.78 is 0. The number of aliphatic carboxylic acids is 2. The molecule has 5 atom stereocenters. The molecule has 136 valence electrons. The molecule has 1 amide bonds. The van der Waals surface area contributed by atoms with E-state index in [-0.39, 0.29) is 17.9 Å². The predicted molar refractivity (Wildman–Crippen MR) is 87.6 cm³/mol. The third kappa shape index (κ3) is 3.88. The second-order valence-corrected chi connectivity index (χ2v) is 7.01. The molecular weight excluding hydrogens is 312 g/mol. The lowest BCUT2D eigenvalue weighted by Gasteiger charge is -2.35. The molecule has 24 heavy (non-hydrogen) atoms. The summed E-state index contributed by atoms with van der Waals surface area (Å²) in [6.45, 7) is 3.51. The van der Waals surface area contributed by atoms with Crippen molar-refractivity contribution in [3.63, 3.8) is 0 Å². The zero-order valence-electron chi connectivity index (χ0n) is 14.4. The van der Waals surface area contributed by atoms with Crippen LogP contribution in [0.25, 0.3) is 0 Å². The quantitative estimate of drug-likeness (QED) is 0.648. The molecule has 0 bridgehead atoms. The fraction of sp³-hybridized carbons (Fsp3) is 0.824. The van der Waals surface area contributed by atoms with Crippen LogP contribution in [0.4, 0.5) is 0 Å². The molecule has 2 rings (SSSR count). The highest BCUT2D eigenvalue weighted by atomic mass is 16.4. The van der Waals surface area contributed by atoms with Gasteiger partial charge in [0.25, 0.3) is 0 Å². The van der Waals surface area contributed by atoms with Crippen LogP contribution in [-0.4, -0.2) is 57.1 Å². The largest absolute Gasteiger partial charge is 0.480 e. The first-order valence-corrected chi connectivity index (χ1v) is 8.90. The summed E-state index contributed by atoms with van der Waals surface area (Å²) in [6.07, 6.45) is 5.53. The van der Waals surface area contributed by atoms with Gasteiger partial charge in [-0.05, 0) is 38.5 Å². The summed E-state index contributed by atoms with van der Waals surface area (Å²) in [5.41, 5.74) is 0. The Balaban J connectivity index is 2.12. The van der Waals surface area contributed by atoms with E-state index in [0.29, 0.717) is 19.3 Å². The van der Waals surface area contributed by atoms with Crippen LogP contribution >= 0.6 is 0 Å². The van der Waals surface area contributed by atoms with Gasteiger partial charge in [-0.1, -0.05) is 26.2 Å².